The van der Waals surface area contributed by atoms with Crippen molar-refractivity contribution in [3.8, 4) is 0 Å². The van der Waals surface area contributed by atoms with E-state index in [1.165, 1.54) is 25.7 Å². The summed E-state index contributed by atoms with van der Waals surface area (Å²) in [6.07, 6.45) is 10.1. The van der Waals surface area contributed by atoms with Gasteiger partial charge in [0, 0.05) is 18.8 Å². The number of fused-ring (bicyclic) bond motifs is 5. The molecule has 4 N–H and O–H groups in total. The van der Waals surface area contributed by atoms with E-state index in [2.05, 4.69) is 13.8 Å². The maximum atomic E-state index is 13.3. The molecule has 10 atom stereocenters. The average molecular weight is 545 g/mol. The Bertz CT molecular complexity index is 964. The number of primary amides is 1. The molecule has 39 heavy (non-hydrogen) atoms. The fraction of sp³-hybridized carbons (Fsp3) is 0.875. The SMILES string of the molecule is CC(=O)[C@H]1CC[C@H]2[C@@H]3CC[C@H]4C[C@H](OC(=O)[C@@H](CC(=O)[C@@H](N)CCC(N)=O)C(C)C)CC[C@]4(C)[C@H]3CC[C@]12C. The van der Waals surface area contributed by atoms with Crippen LogP contribution in [0.4, 0.5) is 0 Å². The molecule has 0 aliphatic heterocycles. The van der Waals surface area contributed by atoms with Crippen molar-refractivity contribution in [3.63, 3.8) is 0 Å². The van der Waals surface area contributed by atoms with Crippen molar-refractivity contribution in [2.45, 2.75) is 124 Å². The third kappa shape index (κ3) is 5.85. The molecule has 4 aliphatic carbocycles. The Balaban J connectivity index is 1.36. The van der Waals surface area contributed by atoms with Gasteiger partial charge in [-0.1, -0.05) is 27.7 Å². The van der Waals surface area contributed by atoms with Gasteiger partial charge in [-0.3, -0.25) is 19.2 Å². The summed E-state index contributed by atoms with van der Waals surface area (Å²) in [4.78, 5) is 49.5. The minimum Gasteiger partial charge on any atom is -0.462 e. The lowest BCUT2D eigenvalue weighted by molar-refractivity contribution is -0.169. The van der Waals surface area contributed by atoms with E-state index in [9.17, 15) is 19.2 Å². The van der Waals surface area contributed by atoms with Gasteiger partial charge in [0.1, 0.15) is 17.7 Å². The molecular weight excluding hydrogens is 492 g/mol. The van der Waals surface area contributed by atoms with Crippen LogP contribution in [0.15, 0.2) is 0 Å². The molecule has 7 nitrogen and oxygen atoms in total. The Morgan fingerprint density at radius 1 is 0.923 bits per heavy atom. The summed E-state index contributed by atoms with van der Waals surface area (Å²) in [5.74, 6) is 1.66. The van der Waals surface area contributed by atoms with Crippen LogP contribution in [0.1, 0.15) is 112 Å². The van der Waals surface area contributed by atoms with E-state index in [4.69, 9.17) is 16.2 Å². The molecule has 7 heteroatoms. The molecule has 4 aliphatic rings. The maximum absolute atomic E-state index is 13.3. The van der Waals surface area contributed by atoms with Crippen LogP contribution in [0.5, 0.6) is 0 Å². The molecule has 0 unspecified atom stereocenters. The number of carbonyl (C=O) groups is 4. The van der Waals surface area contributed by atoms with Gasteiger partial charge in [0.15, 0.2) is 0 Å². The summed E-state index contributed by atoms with van der Waals surface area (Å²) < 4.78 is 6.11. The summed E-state index contributed by atoms with van der Waals surface area (Å²) >= 11 is 0. The molecule has 0 saturated heterocycles. The second-order valence-electron chi connectivity index (χ2n) is 14.4. The van der Waals surface area contributed by atoms with Gasteiger partial charge < -0.3 is 16.2 Å². The van der Waals surface area contributed by atoms with Gasteiger partial charge in [-0.05, 0) is 112 Å². The average Bonchev–Trinajstić information content (AvgIpc) is 3.23. The van der Waals surface area contributed by atoms with Gasteiger partial charge in [0.25, 0.3) is 0 Å². The van der Waals surface area contributed by atoms with Crippen LogP contribution in [0.3, 0.4) is 0 Å². The zero-order valence-corrected chi connectivity index (χ0v) is 24.9. The number of hydrogen-bond acceptors (Lipinski definition) is 6. The Kier molecular flexibility index (Phi) is 9.00. The van der Waals surface area contributed by atoms with Gasteiger partial charge in [-0.2, -0.15) is 0 Å². The largest absolute Gasteiger partial charge is 0.462 e. The predicted octanol–water partition coefficient (Wildman–Crippen LogP) is 4.97. The molecule has 0 bridgehead atoms. The monoisotopic (exact) mass is 544 g/mol. The van der Waals surface area contributed by atoms with Gasteiger partial charge in [-0.15, -0.1) is 0 Å². The molecule has 0 heterocycles. The van der Waals surface area contributed by atoms with E-state index in [1.54, 1.807) is 6.92 Å². The Labute approximate surface area is 234 Å². The highest BCUT2D eigenvalue weighted by atomic mass is 16.5. The number of carbonyl (C=O) groups excluding carboxylic acids is 4. The standard InChI is InChI=1S/C32H52N2O5/c1-18(2)23(17-28(36)27(33)10-11-29(34)37)30(38)39-21-12-14-31(4)20(16-21)6-7-22-25-9-8-24(19(3)35)32(25,5)15-13-26(22)31/h18,20-27H,6-17,33H2,1-5H3,(H2,34,37)/t20-,21+,22-,23-,24+,25-,26-,27-,31-,32+/m0/s1. The molecule has 0 aromatic carbocycles. The second kappa shape index (κ2) is 11.6. The molecular formula is C32H52N2O5. The van der Waals surface area contributed by atoms with Gasteiger partial charge >= 0.3 is 5.97 Å². The first-order valence-corrected chi connectivity index (χ1v) is 15.6. The molecule has 1 amide bonds. The maximum Gasteiger partial charge on any atom is 0.309 e. The summed E-state index contributed by atoms with van der Waals surface area (Å²) in [5.41, 5.74) is 11.6. The van der Waals surface area contributed by atoms with Gasteiger partial charge in [0.05, 0.1) is 12.0 Å². The number of amides is 1. The van der Waals surface area contributed by atoms with Crippen LogP contribution in [0.2, 0.25) is 0 Å². The summed E-state index contributed by atoms with van der Waals surface area (Å²) in [6.45, 7) is 10.6. The molecule has 4 saturated carbocycles. The Morgan fingerprint density at radius 3 is 2.23 bits per heavy atom. The fourth-order valence-electron chi connectivity index (χ4n) is 9.66. The van der Waals surface area contributed by atoms with Crippen molar-refractivity contribution in [1.29, 1.82) is 0 Å². The number of hydrogen-bond donors (Lipinski definition) is 2. The normalized spacial score (nSPS) is 39.2. The second-order valence-corrected chi connectivity index (χ2v) is 14.4. The van der Waals surface area contributed by atoms with E-state index in [0.717, 1.165) is 32.1 Å². The lowest BCUT2D eigenvalue weighted by Crippen LogP contribution is -2.54. The number of esters is 1. The number of nitrogens with two attached hydrogens (primary N) is 2. The van der Waals surface area contributed by atoms with Gasteiger partial charge in [-0.25, -0.2) is 0 Å². The highest BCUT2D eigenvalue weighted by molar-refractivity contribution is 5.88. The van der Waals surface area contributed by atoms with Crippen molar-refractivity contribution >= 4 is 23.4 Å². The summed E-state index contributed by atoms with van der Waals surface area (Å²) in [7, 11) is 0. The number of Topliss-reactive ketones (excluding diaryl/α,β-unsaturated/α-hetero) is 2. The predicted molar refractivity (Wildman–Crippen MR) is 150 cm³/mol. The minimum absolute atomic E-state index is 0.0372. The first kappa shape index (κ1) is 30.2. The van der Waals surface area contributed by atoms with Crippen LogP contribution < -0.4 is 11.5 Å². The van der Waals surface area contributed by atoms with E-state index in [-0.39, 0.29) is 59.8 Å². The topological polar surface area (TPSA) is 130 Å². The minimum atomic E-state index is -0.792. The molecule has 4 rings (SSSR count). The highest BCUT2D eigenvalue weighted by Gasteiger charge is 2.61. The number of rotatable bonds is 10. The van der Waals surface area contributed by atoms with E-state index in [0.29, 0.717) is 29.5 Å². The van der Waals surface area contributed by atoms with Crippen molar-refractivity contribution in [3.05, 3.63) is 0 Å². The quantitative estimate of drug-likeness (QED) is 0.374. The molecule has 220 valence electrons. The van der Waals surface area contributed by atoms with Crippen LogP contribution in [0, 0.1) is 52.3 Å². The van der Waals surface area contributed by atoms with Crippen LogP contribution in [-0.4, -0.2) is 35.6 Å². The van der Waals surface area contributed by atoms with Crippen molar-refractivity contribution in [1.82, 2.24) is 0 Å². The van der Waals surface area contributed by atoms with E-state index < -0.39 is 17.9 Å². The van der Waals surface area contributed by atoms with E-state index in [1.807, 2.05) is 13.8 Å². The molecule has 0 radical (unpaired) electrons. The number of ketones is 2. The summed E-state index contributed by atoms with van der Waals surface area (Å²) in [6, 6.07) is -0.792. The first-order chi connectivity index (χ1) is 18.3. The molecule has 0 aromatic heterocycles. The van der Waals surface area contributed by atoms with Crippen LogP contribution >= 0.6 is 0 Å². The Hall–Kier alpha value is -1.76. The smallest absolute Gasteiger partial charge is 0.309 e. The van der Waals surface area contributed by atoms with Crippen LogP contribution in [-0.2, 0) is 23.9 Å². The third-order valence-electron chi connectivity index (χ3n) is 12.0. The molecule has 4 fully saturated rings. The van der Waals surface area contributed by atoms with Crippen molar-refractivity contribution in [2.75, 3.05) is 0 Å². The lowest BCUT2D eigenvalue weighted by Gasteiger charge is -2.61. The first-order valence-electron chi connectivity index (χ1n) is 15.6. The Morgan fingerprint density at radius 2 is 1.59 bits per heavy atom. The number of ether oxygens (including phenoxy) is 1. The van der Waals surface area contributed by atoms with Gasteiger partial charge in [0.2, 0.25) is 5.91 Å². The molecule has 0 aromatic rings. The van der Waals surface area contributed by atoms with Crippen LogP contribution in [0.25, 0.3) is 0 Å². The fourth-order valence-corrected chi connectivity index (χ4v) is 9.66. The van der Waals surface area contributed by atoms with E-state index >= 15 is 0 Å². The highest BCUT2D eigenvalue weighted by Crippen LogP contribution is 2.67. The lowest BCUT2D eigenvalue weighted by atomic mass is 9.44. The third-order valence-corrected chi connectivity index (χ3v) is 12.0. The molecule has 0 spiro atoms. The summed E-state index contributed by atoms with van der Waals surface area (Å²) in [5, 5.41) is 0. The van der Waals surface area contributed by atoms with Crippen molar-refractivity contribution in [2.24, 2.45) is 63.7 Å². The zero-order valence-electron chi connectivity index (χ0n) is 24.9. The van der Waals surface area contributed by atoms with Crippen molar-refractivity contribution < 1.29 is 23.9 Å². The zero-order chi connectivity index (χ0) is 28.7.